The minimum atomic E-state index is -0.863. The van der Waals surface area contributed by atoms with Crippen LogP contribution in [0.3, 0.4) is 0 Å². The Hall–Kier alpha value is -2.35. The molecule has 0 spiro atoms. The molecule has 0 bridgehead atoms. The second-order valence-electron chi connectivity index (χ2n) is 5.97. The number of thioether (sulfide) groups is 1. The van der Waals surface area contributed by atoms with Crippen LogP contribution in [0.15, 0.2) is 35.5 Å². The lowest BCUT2D eigenvalue weighted by Crippen LogP contribution is -2.31. The lowest BCUT2D eigenvalue weighted by atomic mass is 9.89. The van der Waals surface area contributed by atoms with Crippen LogP contribution in [0.2, 0.25) is 0 Å². The number of nitrogens with one attached hydrogen (secondary N) is 1. The fourth-order valence-corrected chi connectivity index (χ4v) is 3.73. The van der Waals surface area contributed by atoms with Gasteiger partial charge in [0.15, 0.2) is 0 Å². The number of rotatable bonds is 6. The van der Waals surface area contributed by atoms with Crippen LogP contribution in [-0.4, -0.2) is 55.9 Å². The van der Waals surface area contributed by atoms with E-state index in [4.69, 9.17) is 0 Å². The summed E-state index contributed by atoms with van der Waals surface area (Å²) in [5, 5.41) is 16.9. The van der Waals surface area contributed by atoms with E-state index in [0.717, 1.165) is 17.8 Å². The molecule has 1 aliphatic heterocycles. The van der Waals surface area contributed by atoms with Gasteiger partial charge >= 0.3 is 5.97 Å². The Morgan fingerprint density at radius 1 is 1.32 bits per heavy atom. The number of carbonyl (C=O) groups is 2. The molecule has 1 saturated heterocycles. The fourth-order valence-electron chi connectivity index (χ4n) is 3.01. The van der Waals surface area contributed by atoms with E-state index in [1.54, 1.807) is 4.90 Å². The maximum atomic E-state index is 12.5. The van der Waals surface area contributed by atoms with Crippen LogP contribution < -0.4 is 0 Å². The molecule has 7 nitrogen and oxygen atoms in total. The van der Waals surface area contributed by atoms with E-state index in [9.17, 15) is 14.7 Å². The van der Waals surface area contributed by atoms with Gasteiger partial charge in [-0.3, -0.25) is 14.7 Å². The minimum absolute atomic E-state index is 0.0856. The third-order valence-corrected chi connectivity index (χ3v) is 5.22. The first-order valence-electron chi connectivity index (χ1n) is 8.18. The molecule has 0 unspecified atom stereocenters. The second-order valence-corrected chi connectivity index (χ2v) is 6.91. The number of likely N-dealkylation sites (tertiary alicyclic amines) is 1. The SMILES string of the molecule is CCc1nc(SCC(=O)N2C[C@H](C(=O)O)[C@@H](c3ccccc3)C2)n[nH]1. The van der Waals surface area contributed by atoms with Crippen molar-refractivity contribution in [1.82, 2.24) is 20.1 Å². The number of H-pyrrole nitrogens is 1. The summed E-state index contributed by atoms with van der Waals surface area (Å²) in [5.41, 5.74) is 0.958. The zero-order valence-corrected chi connectivity index (χ0v) is 14.7. The Balaban J connectivity index is 1.64. The van der Waals surface area contributed by atoms with Crippen LogP contribution in [-0.2, 0) is 16.0 Å². The van der Waals surface area contributed by atoms with Crippen molar-refractivity contribution in [2.45, 2.75) is 24.4 Å². The summed E-state index contributed by atoms with van der Waals surface area (Å²) in [5.74, 6) is -0.717. The maximum absolute atomic E-state index is 12.5. The first-order valence-corrected chi connectivity index (χ1v) is 9.16. The van der Waals surface area contributed by atoms with Crippen LogP contribution in [0, 0.1) is 5.92 Å². The van der Waals surface area contributed by atoms with E-state index in [1.807, 2.05) is 37.3 Å². The summed E-state index contributed by atoms with van der Waals surface area (Å²) in [7, 11) is 0. The van der Waals surface area contributed by atoms with Gasteiger partial charge in [0, 0.05) is 25.4 Å². The molecule has 2 atom stereocenters. The van der Waals surface area contributed by atoms with Crippen LogP contribution >= 0.6 is 11.8 Å². The molecular formula is C17H20N4O3S. The van der Waals surface area contributed by atoms with Crippen LogP contribution in [0.25, 0.3) is 0 Å². The third kappa shape index (κ3) is 4.01. The fraction of sp³-hybridized carbons (Fsp3) is 0.412. The Morgan fingerprint density at radius 2 is 2.08 bits per heavy atom. The van der Waals surface area contributed by atoms with Gasteiger partial charge in [-0.05, 0) is 5.56 Å². The number of nitrogens with zero attached hydrogens (tertiary/aromatic N) is 3. The predicted octanol–water partition coefficient (Wildman–Crippen LogP) is 1.79. The number of hydrogen-bond donors (Lipinski definition) is 2. The van der Waals surface area contributed by atoms with Crippen LogP contribution in [0.5, 0.6) is 0 Å². The topological polar surface area (TPSA) is 99.2 Å². The number of aliphatic carboxylic acids is 1. The number of aryl methyl sites for hydroxylation is 1. The van der Waals surface area contributed by atoms with Gasteiger partial charge in [0.1, 0.15) is 5.82 Å². The van der Waals surface area contributed by atoms with E-state index in [1.165, 1.54) is 11.8 Å². The molecule has 132 valence electrons. The van der Waals surface area contributed by atoms with Gasteiger partial charge < -0.3 is 10.0 Å². The average Bonchev–Trinajstić information content (AvgIpc) is 3.27. The van der Waals surface area contributed by atoms with Gasteiger partial charge in [-0.1, -0.05) is 49.0 Å². The van der Waals surface area contributed by atoms with E-state index < -0.39 is 11.9 Å². The van der Waals surface area contributed by atoms with Gasteiger partial charge in [0.2, 0.25) is 11.1 Å². The number of carboxylic acid groups (broad SMARTS) is 1. The largest absolute Gasteiger partial charge is 0.481 e. The molecule has 8 heteroatoms. The van der Waals surface area contributed by atoms with Gasteiger partial charge in [-0.25, -0.2) is 4.98 Å². The van der Waals surface area contributed by atoms with Crippen LogP contribution in [0.1, 0.15) is 24.2 Å². The molecule has 1 fully saturated rings. The molecule has 0 aliphatic carbocycles. The number of hydrogen-bond acceptors (Lipinski definition) is 5. The molecule has 0 radical (unpaired) electrons. The summed E-state index contributed by atoms with van der Waals surface area (Å²) in [6.45, 7) is 2.64. The first-order chi connectivity index (χ1) is 12.1. The lowest BCUT2D eigenvalue weighted by Gasteiger charge is -2.16. The summed E-state index contributed by atoms with van der Waals surface area (Å²) in [6, 6.07) is 9.52. The van der Waals surface area contributed by atoms with E-state index in [-0.39, 0.29) is 24.1 Å². The third-order valence-electron chi connectivity index (χ3n) is 4.39. The zero-order valence-electron chi connectivity index (χ0n) is 13.9. The molecule has 2 heterocycles. The number of aromatic nitrogens is 3. The molecule has 1 aromatic heterocycles. The van der Waals surface area contributed by atoms with Gasteiger partial charge in [0.05, 0.1) is 11.7 Å². The highest BCUT2D eigenvalue weighted by atomic mass is 32.2. The molecule has 1 aliphatic rings. The molecule has 1 amide bonds. The highest BCUT2D eigenvalue weighted by Crippen LogP contribution is 2.33. The summed E-state index contributed by atoms with van der Waals surface area (Å²) < 4.78 is 0. The quantitative estimate of drug-likeness (QED) is 0.762. The maximum Gasteiger partial charge on any atom is 0.308 e. The standard InChI is InChI=1S/C17H20N4O3S/c1-2-14-18-17(20-19-14)25-10-15(22)21-8-12(13(9-21)16(23)24)11-6-4-3-5-7-11/h3-7,12-13H,2,8-10H2,1H3,(H,23,24)(H,18,19,20)/t12-,13+/m1/s1. The Labute approximate surface area is 149 Å². The van der Waals surface area contributed by atoms with Crippen molar-refractivity contribution in [2.24, 2.45) is 5.92 Å². The number of amides is 1. The summed E-state index contributed by atoms with van der Waals surface area (Å²) >= 11 is 1.27. The molecule has 0 saturated carbocycles. The summed E-state index contributed by atoms with van der Waals surface area (Å²) in [6.07, 6.45) is 0.757. The molecule has 2 aromatic rings. The van der Waals surface area contributed by atoms with E-state index >= 15 is 0 Å². The van der Waals surface area contributed by atoms with Crippen molar-refractivity contribution < 1.29 is 14.7 Å². The predicted molar refractivity (Wildman–Crippen MR) is 93.4 cm³/mol. The van der Waals surface area contributed by atoms with Crippen molar-refractivity contribution in [1.29, 1.82) is 0 Å². The van der Waals surface area contributed by atoms with E-state index in [2.05, 4.69) is 15.2 Å². The second kappa shape index (κ2) is 7.69. The molecule has 25 heavy (non-hydrogen) atoms. The van der Waals surface area contributed by atoms with Crippen molar-refractivity contribution >= 4 is 23.6 Å². The normalized spacial score (nSPS) is 20.0. The lowest BCUT2D eigenvalue weighted by molar-refractivity contribution is -0.141. The first kappa shape index (κ1) is 17.5. The molecular weight excluding hydrogens is 340 g/mol. The van der Waals surface area contributed by atoms with Crippen molar-refractivity contribution in [3.8, 4) is 0 Å². The highest BCUT2D eigenvalue weighted by Gasteiger charge is 2.40. The Bertz CT molecular complexity index is 749. The van der Waals surface area contributed by atoms with E-state index in [0.29, 0.717) is 11.7 Å². The number of benzene rings is 1. The molecule has 1 aromatic carbocycles. The number of carboxylic acids is 1. The van der Waals surface area contributed by atoms with Crippen molar-refractivity contribution in [3.63, 3.8) is 0 Å². The van der Waals surface area contributed by atoms with Crippen LogP contribution in [0.4, 0.5) is 0 Å². The van der Waals surface area contributed by atoms with Gasteiger partial charge in [0.25, 0.3) is 0 Å². The number of aromatic amines is 1. The molecule has 2 N–H and O–H groups in total. The average molecular weight is 360 g/mol. The Morgan fingerprint density at radius 3 is 2.72 bits per heavy atom. The van der Waals surface area contributed by atoms with Crippen molar-refractivity contribution in [2.75, 3.05) is 18.8 Å². The minimum Gasteiger partial charge on any atom is -0.481 e. The smallest absolute Gasteiger partial charge is 0.308 e. The number of carbonyl (C=O) groups excluding carboxylic acids is 1. The van der Waals surface area contributed by atoms with Crippen molar-refractivity contribution in [3.05, 3.63) is 41.7 Å². The zero-order chi connectivity index (χ0) is 17.8. The van der Waals surface area contributed by atoms with Gasteiger partial charge in [-0.15, -0.1) is 5.10 Å². The van der Waals surface area contributed by atoms with Gasteiger partial charge in [-0.2, -0.15) is 0 Å². The highest BCUT2D eigenvalue weighted by molar-refractivity contribution is 7.99. The monoisotopic (exact) mass is 360 g/mol. The molecule has 3 rings (SSSR count). The summed E-state index contributed by atoms with van der Waals surface area (Å²) in [4.78, 5) is 30.0. The Kier molecular flexibility index (Phi) is 5.37.